The lowest BCUT2D eigenvalue weighted by Gasteiger charge is -2.36. The molecule has 1 atom stereocenters. The summed E-state index contributed by atoms with van der Waals surface area (Å²) in [6, 6.07) is 3.18. The summed E-state index contributed by atoms with van der Waals surface area (Å²) in [7, 11) is -3.65. The van der Waals surface area contributed by atoms with Crippen LogP contribution in [-0.2, 0) is 10.0 Å². The van der Waals surface area contributed by atoms with Crippen molar-refractivity contribution in [2.45, 2.75) is 43.6 Å². The monoisotopic (exact) mass is 313 g/mol. The van der Waals surface area contributed by atoms with Gasteiger partial charge in [-0.2, -0.15) is 4.31 Å². The molecule has 0 aliphatic carbocycles. The van der Waals surface area contributed by atoms with Crippen LogP contribution in [0.2, 0.25) is 0 Å². The van der Waals surface area contributed by atoms with Gasteiger partial charge in [-0.25, -0.2) is 13.4 Å². The molecule has 1 saturated heterocycles. The maximum absolute atomic E-state index is 12.8. The van der Waals surface area contributed by atoms with Crippen LogP contribution < -0.4 is 5.32 Å². The number of rotatable bonds is 5. The second-order valence-electron chi connectivity index (χ2n) is 5.72. The van der Waals surface area contributed by atoms with E-state index in [1.54, 1.807) is 25.3 Å². The molecule has 0 saturated carbocycles. The van der Waals surface area contributed by atoms with Gasteiger partial charge in [-0.15, -0.1) is 0 Å². The van der Waals surface area contributed by atoms with Gasteiger partial charge in [0.2, 0.25) is 10.0 Å². The van der Waals surface area contributed by atoms with Gasteiger partial charge in [0, 0.05) is 25.8 Å². The highest BCUT2D eigenvalue weighted by Crippen LogP contribution is 2.28. The number of hydrogen-bond acceptors (Lipinski definition) is 5. The van der Waals surface area contributed by atoms with Crippen LogP contribution in [0.15, 0.2) is 23.2 Å². The van der Waals surface area contributed by atoms with E-state index in [1.165, 1.54) is 4.31 Å². The molecule has 0 spiro atoms. The van der Waals surface area contributed by atoms with Gasteiger partial charge in [-0.1, -0.05) is 6.92 Å². The van der Waals surface area contributed by atoms with E-state index in [0.29, 0.717) is 31.7 Å². The molecule has 1 aliphatic heterocycles. The summed E-state index contributed by atoms with van der Waals surface area (Å²) in [5.41, 5.74) is -0.968. The Labute approximate surface area is 126 Å². The molecule has 2 N–H and O–H groups in total. The van der Waals surface area contributed by atoms with Crippen LogP contribution in [-0.4, -0.2) is 48.0 Å². The third kappa shape index (κ3) is 3.72. The summed E-state index contributed by atoms with van der Waals surface area (Å²) in [6.45, 7) is 4.90. The molecule has 2 heterocycles. The number of nitrogens with one attached hydrogen (secondary N) is 1. The van der Waals surface area contributed by atoms with Crippen molar-refractivity contribution in [3.8, 4) is 0 Å². The first-order valence-corrected chi connectivity index (χ1v) is 8.72. The first-order valence-electron chi connectivity index (χ1n) is 7.28. The van der Waals surface area contributed by atoms with Crippen molar-refractivity contribution in [1.82, 2.24) is 9.29 Å². The number of aromatic nitrogens is 1. The first-order chi connectivity index (χ1) is 9.87. The second kappa shape index (κ2) is 6.29. The SMILES string of the molecule is CCCNc1ncccc1S(=O)(=O)N1CCCC(C)(O)C1. The van der Waals surface area contributed by atoms with Crippen LogP contribution in [0, 0.1) is 0 Å². The van der Waals surface area contributed by atoms with Gasteiger partial charge in [0.1, 0.15) is 10.7 Å². The van der Waals surface area contributed by atoms with Gasteiger partial charge in [-0.05, 0) is 38.3 Å². The van der Waals surface area contributed by atoms with Gasteiger partial charge < -0.3 is 10.4 Å². The molecule has 0 amide bonds. The molecule has 2 rings (SSSR count). The summed E-state index contributed by atoms with van der Waals surface area (Å²) in [6.07, 6.45) is 3.73. The zero-order valence-corrected chi connectivity index (χ0v) is 13.4. The van der Waals surface area contributed by atoms with Crippen LogP contribution >= 0.6 is 0 Å². The largest absolute Gasteiger partial charge is 0.389 e. The maximum atomic E-state index is 12.8. The molecule has 1 aromatic heterocycles. The van der Waals surface area contributed by atoms with E-state index in [4.69, 9.17) is 0 Å². The fourth-order valence-electron chi connectivity index (χ4n) is 2.49. The fourth-order valence-corrected chi connectivity index (χ4v) is 4.21. The Hall–Kier alpha value is -1.18. The molecule has 21 heavy (non-hydrogen) atoms. The Morgan fingerprint density at radius 3 is 2.95 bits per heavy atom. The van der Waals surface area contributed by atoms with Crippen molar-refractivity contribution in [1.29, 1.82) is 0 Å². The molecule has 0 bridgehead atoms. The number of pyridine rings is 1. The van der Waals surface area contributed by atoms with Crippen molar-refractivity contribution in [2.75, 3.05) is 25.0 Å². The van der Waals surface area contributed by atoms with Crippen LogP contribution in [0.1, 0.15) is 33.1 Å². The lowest BCUT2D eigenvalue weighted by atomic mass is 9.97. The number of β-amino-alcohol motifs (C(OH)–C–C–N with tert-alkyl or cyclic N) is 1. The van der Waals surface area contributed by atoms with Crippen LogP contribution in [0.4, 0.5) is 5.82 Å². The highest BCUT2D eigenvalue weighted by Gasteiger charge is 2.36. The standard InChI is InChI=1S/C14H23N3O3S/c1-3-8-15-13-12(6-4-9-16-13)21(19,20)17-10-5-7-14(2,18)11-17/h4,6,9,18H,3,5,7-8,10-11H2,1-2H3,(H,15,16). The van der Waals surface area contributed by atoms with Crippen molar-refractivity contribution in [3.63, 3.8) is 0 Å². The Morgan fingerprint density at radius 2 is 2.29 bits per heavy atom. The van der Waals surface area contributed by atoms with Crippen molar-refractivity contribution < 1.29 is 13.5 Å². The van der Waals surface area contributed by atoms with Gasteiger partial charge in [0.25, 0.3) is 0 Å². The topological polar surface area (TPSA) is 82.5 Å². The Bertz CT molecular complexity index is 587. The van der Waals surface area contributed by atoms with Gasteiger partial charge in [0.05, 0.1) is 5.60 Å². The highest BCUT2D eigenvalue weighted by atomic mass is 32.2. The average Bonchev–Trinajstić information content (AvgIpc) is 2.44. The quantitative estimate of drug-likeness (QED) is 0.859. The molecule has 118 valence electrons. The van der Waals surface area contributed by atoms with E-state index >= 15 is 0 Å². The summed E-state index contributed by atoms with van der Waals surface area (Å²) < 4.78 is 26.9. The maximum Gasteiger partial charge on any atom is 0.246 e. The molecule has 1 fully saturated rings. The Kier molecular flexibility index (Phi) is 4.85. The molecule has 1 aliphatic rings. The van der Waals surface area contributed by atoms with E-state index in [9.17, 15) is 13.5 Å². The normalized spacial score (nSPS) is 24.0. The van der Waals surface area contributed by atoms with Gasteiger partial charge >= 0.3 is 0 Å². The lowest BCUT2D eigenvalue weighted by molar-refractivity contribution is 0.00940. The zero-order chi connectivity index (χ0) is 15.5. The molecule has 1 aromatic rings. The Morgan fingerprint density at radius 1 is 1.52 bits per heavy atom. The molecule has 0 aromatic carbocycles. The second-order valence-corrected chi connectivity index (χ2v) is 7.62. The van der Waals surface area contributed by atoms with Gasteiger partial charge in [-0.3, -0.25) is 0 Å². The summed E-state index contributed by atoms with van der Waals surface area (Å²) >= 11 is 0. The van der Waals surface area contributed by atoms with Crippen molar-refractivity contribution in [2.24, 2.45) is 0 Å². The number of aliphatic hydroxyl groups is 1. The third-order valence-electron chi connectivity index (χ3n) is 3.57. The predicted octanol–water partition coefficient (Wildman–Crippen LogP) is 1.44. The van der Waals surface area contributed by atoms with Crippen molar-refractivity contribution in [3.05, 3.63) is 18.3 Å². The van der Waals surface area contributed by atoms with Gasteiger partial charge in [0.15, 0.2) is 0 Å². The number of sulfonamides is 1. The zero-order valence-electron chi connectivity index (χ0n) is 12.5. The minimum absolute atomic E-state index is 0.122. The van der Waals surface area contributed by atoms with E-state index in [-0.39, 0.29) is 11.4 Å². The fraction of sp³-hybridized carbons (Fsp3) is 0.643. The molecule has 7 heteroatoms. The highest BCUT2D eigenvalue weighted by molar-refractivity contribution is 7.89. The first kappa shape index (κ1) is 16.2. The summed E-state index contributed by atoms with van der Waals surface area (Å²) in [4.78, 5) is 4.31. The summed E-state index contributed by atoms with van der Waals surface area (Å²) in [5.74, 6) is 0.379. The number of hydrogen-bond donors (Lipinski definition) is 2. The van der Waals surface area contributed by atoms with Crippen molar-refractivity contribution >= 4 is 15.8 Å². The predicted molar refractivity (Wildman–Crippen MR) is 81.6 cm³/mol. The van der Waals surface area contributed by atoms with Crippen LogP contribution in [0.3, 0.4) is 0 Å². The summed E-state index contributed by atoms with van der Waals surface area (Å²) in [5, 5.41) is 13.2. The minimum atomic E-state index is -3.65. The minimum Gasteiger partial charge on any atom is -0.389 e. The van der Waals surface area contributed by atoms with E-state index < -0.39 is 15.6 Å². The van der Waals surface area contributed by atoms with Crippen LogP contribution in [0.5, 0.6) is 0 Å². The van der Waals surface area contributed by atoms with E-state index in [1.807, 2.05) is 6.92 Å². The number of nitrogens with zero attached hydrogens (tertiary/aromatic N) is 2. The average molecular weight is 313 g/mol. The van der Waals surface area contributed by atoms with E-state index in [2.05, 4.69) is 10.3 Å². The van der Waals surface area contributed by atoms with Crippen LogP contribution in [0.25, 0.3) is 0 Å². The Balaban J connectivity index is 2.31. The molecule has 6 nitrogen and oxygen atoms in total. The number of piperidine rings is 1. The molecule has 1 unspecified atom stereocenters. The lowest BCUT2D eigenvalue weighted by Crippen LogP contribution is -2.48. The molecular formula is C14H23N3O3S. The third-order valence-corrected chi connectivity index (χ3v) is 5.45. The smallest absolute Gasteiger partial charge is 0.246 e. The number of anilines is 1. The molecular weight excluding hydrogens is 290 g/mol. The van der Waals surface area contributed by atoms with E-state index in [0.717, 1.165) is 6.42 Å². The molecule has 0 radical (unpaired) electrons.